The Morgan fingerprint density at radius 1 is 1.18 bits per heavy atom. The third-order valence-electron chi connectivity index (χ3n) is 4.34. The van der Waals surface area contributed by atoms with Gasteiger partial charge in [-0.15, -0.1) is 0 Å². The summed E-state index contributed by atoms with van der Waals surface area (Å²) in [6, 6.07) is 4.84. The van der Waals surface area contributed by atoms with Crippen LogP contribution in [0.1, 0.15) is 38.1 Å². The van der Waals surface area contributed by atoms with E-state index in [1.165, 1.54) is 16.8 Å². The van der Waals surface area contributed by atoms with Crippen molar-refractivity contribution in [3.05, 3.63) is 70.0 Å². The highest BCUT2D eigenvalue weighted by Crippen LogP contribution is 2.33. The zero-order chi connectivity index (χ0) is 20.4. The molecule has 0 spiro atoms. The van der Waals surface area contributed by atoms with Gasteiger partial charge in [0, 0.05) is 36.9 Å². The number of nitrogens with zero attached hydrogens (tertiary/aromatic N) is 3. The average Bonchev–Trinajstić information content (AvgIpc) is 2.66. The lowest BCUT2D eigenvalue weighted by Crippen LogP contribution is -2.21. The van der Waals surface area contributed by atoms with Gasteiger partial charge >= 0.3 is 0 Å². The second-order valence-electron chi connectivity index (χ2n) is 6.78. The number of hydrogen-bond donors (Lipinski definition) is 0. The van der Waals surface area contributed by atoms with Gasteiger partial charge in [0.1, 0.15) is 17.3 Å². The molecule has 0 aliphatic carbocycles. The van der Waals surface area contributed by atoms with Crippen LogP contribution in [0.5, 0.6) is 11.5 Å². The van der Waals surface area contributed by atoms with E-state index in [-0.39, 0.29) is 23.0 Å². The molecule has 146 valence electrons. The normalized spacial score (nSPS) is 11.1. The van der Waals surface area contributed by atoms with Crippen LogP contribution in [0.15, 0.2) is 41.5 Å². The zero-order valence-corrected chi connectivity index (χ0v) is 16.2. The molecule has 0 aliphatic rings. The number of hydrogen-bond acceptors (Lipinski definition) is 4. The number of pyridine rings is 1. The summed E-state index contributed by atoms with van der Waals surface area (Å²) in [6.07, 6.45) is 3.72. The Bertz CT molecular complexity index is 1080. The molecule has 0 radical (unpaired) electrons. The van der Waals surface area contributed by atoms with E-state index in [1.54, 1.807) is 19.3 Å². The first-order chi connectivity index (χ1) is 13.3. The van der Waals surface area contributed by atoms with Gasteiger partial charge < -0.3 is 9.30 Å². The van der Waals surface area contributed by atoms with Gasteiger partial charge in [-0.3, -0.25) is 4.79 Å². The Morgan fingerprint density at radius 2 is 1.93 bits per heavy atom. The first kappa shape index (κ1) is 19.7. The number of rotatable bonds is 5. The lowest BCUT2D eigenvalue weighted by Gasteiger charge is -2.14. The molecule has 0 bridgehead atoms. The Balaban J connectivity index is 2.16. The fourth-order valence-electron chi connectivity index (χ4n) is 2.82. The monoisotopic (exact) mass is 385 g/mol. The van der Waals surface area contributed by atoms with Crippen LogP contribution in [0.4, 0.5) is 8.78 Å². The van der Waals surface area contributed by atoms with Gasteiger partial charge in [-0.05, 0) is 24.1 Å². The molecule has 2 aromatic heterocycles. The van der Waals surface area contributed by atoms with Crippen molar-refractivity contribution in [2.45, 2.75) is 33.1 Å². The maximum Gasteiger partial charge on any atom is 0.253 e. The quantitative estimate of drug-likeness (QED) is 0.644. The zero-order valence-electron chi connectivity index (χ0n) is 16.2. The predicted octanol–water partition coefficient (Wildman–Crippen LogP) is 4.60. The lowest BCUT2D eigenvalue weighted by molar-refractivity contribution is 0.435. The molecule has 0 saturated heterocycles. The minimum absolute atomic E-state index is 0.0186. The summed E-state index contributed by atoms with van der Waals surface area (Å²) in [4.78, 5) is 21.1. The second-order valence-corrected chi connectivity index (χ2v) is 6.78. The van der Waals surface area contributed by atoms with Crippen molar-refractivity contribution in [1.82, 2.24) is 14.5 Å². The maximum atomic E-state index is 14.1. The molecule has 0 saturated carbocycles. The van der Waals surface area contributed by atoms with Gasteiger partial charge in [0.15, 0.2) is 17.3 Å². The standard InChI is InChI=1S/C21H21F2N3O2/c1-5-19-24-10-18(28-17-7-6-14(22)9-16(17)23)20(25-19)13-8-15(12(2)3)21(27)26(4)11-13/h6-12H,5H2,1-4H3. The third-order valence-corrected chi connectivity index (χ3v) is 4.34. The van der Waals surface area contributed by atoms with E-state index in [0.717, 1.165) is 12.1 Å². The van der Waals surface area contributed by atoms with Gasteiger partial charge in [-0.25, -0.2) is 18.7 Å². The van der Waals surface area contributed by atoms with Crippen LogP contribution in [0.2, 0.25) is 0 Å². The summed E-state index contributed by atoms with van der Waals surface area (Å²) in [5.41, 5.74) is 1.64. The molecular formula is C21H21F2N3O2. The molecule has 0 fully saturated rings. The number of aromatic nitrogens is 3. The number of aryl methyl sites for hydroxylation is 2. The van der Waals surface area contributed by atoms with Crippen molar-refractivity contribution >= 4 is 0 Å². The topological polar surface area (TPSA) is 57.0 Å². The van der Waals surface area contributed by atoms with E-state index in [0.29, 0.717) is 29.1 Å². The molecule has 0 aliphatic heterocycles. The van der Waals surface area contributed by atoms with E-state index >= 15 is 0 Å². The fraction of sp³-hybridized carbons (Fsp3) is 0.286. The summed E-state index contributed by atoms with van der Waals surface area (Å²) in [5.74, 6) is -0.830. The van der Waals surface area contributed by atoms with Crippen molar-refractivity contribution in [3.8, 4) is 22.8 Å². The second kappa shape index (κ2) is 7.88. The molecule has 3 aromatic rings. The van der Waals surface area contributed by atoms with Crippen molar-refractivity contribution in [2.75, 3.05) is 0 Å². The summed E-state index contributed by atoms with van der Waals surface area (Å²) >= 11 is 0. The largest absolute Gasteiger partial charge is 0.450 e. The first-order valence-electron chi connectivity index (χ1n) is 9.00. The Morgan fingerprint density at radius 3 is 2.57 bits per heavy atom. The third kappa shape index (κ3) is 3.93. The van der Waals surface area contributed by atoms with E-state index < -0.39 is 11.6 Å². The van der Waals surface area contributed by atoms with Gasteiger partial charge in [-0.2, -0.15) is 0 Å². The van der Waals surface area contributed by atoms with E-state index in [4.69, 9.17) is 4.74 Å². The van der Waals surface area contributed by atoms with Crippen molar-refractivity contribution in [1.29, 1.82) is 0 Å². The predicted molar refractivity (Wildman–Crippen MR) is 103 cm³/mol. The molecule has 0 unspecified atom stereocenters. The summed E-state index contributed by atoms with van der Waals surface area (Å²) in [6.45, 7) is 5.78. The van der Waals surface area contributed by atoms with Crippen LogP contribution in [-0.2, 0) is 13.5 Å². The highest BCUT2D eigenvalue weighted by Gasteiger charge is 2.17. The van der Waals surface area contributed by atoms with Crippen molar-refractivity contribution in [2.24, 2.45) is 7.05 Å². The number of benzene rings is 1. The molecule has 3 rings (SSSR count). The van der Waals surface area contributed by atoms with Crippen molar-refractivity contribution < 1.29 is 13.5 Å². The Hall–Kier alpha value is -3.09. The van der Waals surface area contributed by atoms with Crippen LogP contribution in [0.3, 0.4) is 0 Å². The van der Waals surface area contributed by atoms with Gasteiger partial charge in [0.05, 0.1) is 6.20 Å². The molecule has 1 aromatic carbocycles. The Kier molecular flexibility index (Phi) is 5.53. The van der Waals surface area contributed by atoms with Crippen LogP contribution < -0.4 is 10.3 Å². The molecule has 0 amide bonds. The fourth-order valence-corrected chi connectivity index (χ4v) is 2.82. The molecule has 7 heteroatoms. The number of ether oxygens (including phenoxy) is 1. The van der Waals surface area contributed by atoms with Gasteiger partial charge in [0.2, 0.25) is 0 Å². The van der Waals surface area contributed by atoms with E-state index in [2.05, 4.69) is 9.97 Å². The first-order valence-corrected chi connectivity index (χ1v) is 9.00. The highest BCUT2D eigenvalue weighted by molar-refractivity contribution is 5.66. The highest BCUT2D eigenvalue weighted by atomic mass is 19.1. The van der Waals surface area contributed by atoms with Crippen LogP contribution in [0.25, 0.3) is 11.3 Å². The van der Waals surface area contributed by atoms with Gasteiger partial charge in [0.25, 0.3) is 5.56 Å². The smallest absolute Gasteiger partial charge is 0.253 e. The summed E-state index contributed by atoms with van der Waals surface area (Å²) in [7, 11) is 1.67. The minimum atomic E-state index is -0.825. The average molecular weight is 385 g/mol. The molecule has 28 heavy (non-hydrogen) atoms. The van der Waals surface area contributed by atoms with Crippen LogP contribution in [0, 0.1) is 11.6 Å². The van der Waals surface area contributed by atoms with Gasteiger partial charge in [-0.1, -0.05) is 20.8 Å². The maximum absolute atomic E-state index is 14.1. The molecule has 5 nitrogen and oxygen atoms in total. The molecule has 2 heterocycles. The van der Waals surface area contributed by atoms with Crippen LogP contribution >= 0.6 is 0 Å². The minimum Gasteiger partial charge on any atom is -0.450 e. The number of halogens is 2. The SMILES string of the molecule is CCc1ncc(Oc2ccc(F)cc2F)c(-c2cc(C(C)C)c(=O)n(C)c2)n1. The van der Waals surface area contributed by atoms with E-state index in [9.17, 15) is 13.6 Å². The molecule has 0 N–H and O–H groups in total. The van der Waals surface area contributed by atoms with Crippen molar-refractivity contribution in [3.63, 3.8) is 0 Å². The summed E-state index contributed by atoms with van der Waals surface area (Å²) < 4.78 is 34.4. The Labute approximate surface area is 161 Å². The molecular weight excluding hydrogens is 364 g/mol. The summed E-state index contributed by atoms with van der Waals surface area (Å²) in [5, 5.41) is 0. The van der Waals surface area contributed by atoms with E-state index in [1.807, 2.05) is 20.8 Å². The lowest BCUT2D eigenvalue weighted by atomic mass is 10.0. The van der Waals surface area contributed by atoms with Crippen LogP contribution in [-0.4, -0.2) is 14.5 Å². The molecule has 0 atom stereocenters.